The number of ketones is 1. The summed E-state index contributed by atoms with van der Waals surface area (Å²) in [6, 6.07) is 10.6. The highest BCUT2D eigenvalue weighted by Gasteiger charge is 2.25. The van der Waals surface area contributed by atoms with Crippen molar-refractivity contribution in [3.63, 3.8) is 0 Å². The summed E-state index contributed by atoms with van der Waals surface area (Å²) >= 11 is 1.18. The van der Waals surface area contributed by atoms with Gasteiger partial charge in [-0.1, -0.05) is 12.1 Å². The van der Waals surface area contributed by atoms with Gasteiger partial charge in [-0.25, -0.2) is 4.39 Å². The summed E-state index contributed by atoms with van der Waals surface area (Å²) in [4.78, 5) is 32.9. The first-order valence-corrected chi connectivity index (χ1v) is 11.2. The van der Waals surface area contributed by atoms with Crippen LogP contribution < -0.4 is 0 Å². The summed E-state index contributed by atoms with van der Waals surface area (Å²) in [6.07, 6.45) is 4.64. The topological polar surface area (TPSA) is 53.5 Å². The zero-order valence-corrected chi connectivity index (χ0v) is 18.3. The minimum atomic E-state index is -0.454. The van der Waals surface area contributed by atoms with Crippen LogP contribution in [0.25, 0.3) is 0 Å². The molecule has 7 heteroatoms. The largest absolute Gasteiger partial charge is 0.342 e. The zero-order valence-electron chi connectivity index (χ0n) is 17.5. The summed E-state index contributed by atoms with van der Waals surface area (Å²) < 4.78 is 14.1. The highest BCUT2D eigenvalue weighted by Crippen LogP contribution is 2.24. The number of carbonyl (C=O) groups excluding carboxylic acids is 2. The molecule has 3 rings (SSSR count). The Bertz CT molecular complexity index is 870. The van der Waals surface area contributed by atoms with E-state index in [1.807, 2.05) is 36.3 Å². The van der Waals surface area contributed by atoms with Gasteiger partial charge in [0.15, 0.2) is 5.78 Å². The van der Waals surface area contributed by atoms with E-state index in [1.165, 1.54) is 24.8 Å². The van der Waals surface area contributed by atoms with Gasteiger partial charge < -0.3 is 9.80 Å². The second kappa shape index (κ2) is 10.7. The molecule has 1 aliphatic rings. The number of likely N-dealkylation sites (tertiary alicyclic amines) is 1. The van der Waals surface area contributed by atoms with Gasteiger partial charge in [0.2, 0.25) is 5.91 Å². The van der Waals surface area contributed by atoms with E-state index < -0.39 is 5.82 Å². The second-order valence-electron chi connectivity index (χ2n) is 7.64. The van der Waals surface area contributed by atoms with E-state index in [4.69, 9.17) is 0 Å². The van der Waals surface area contributed by atoms with Gasteiger partial charge in [0, 0.05) is 61.5 Å². The minimum Gasteiger partial charge on any atom is -0.342 e. The van der Waals surface area contributed by atoms with Crippen molar-refractivity contribution in [2.45, 2.75) is 37.1 Å². The van der Waals surface area contributed by atoms with Gasteiger partial charge in [-0.05, 0) is 44.0 Å². The third kappa shape index (κ3) is 6.12. The zero-order chi connectivity index (χ0) is 21.5. The van der Waals surface area contributed by atoms with Gasteiger partial charge in [-0.3, -0.25) is 14.6 Å². The Morgan fingerprint density at radius 2 is 2.00 bits per heavy atom. The van der Waals surface area contributed by atoms with Crippen LogP contribution in [-0.2, 0) is 11.2 Å². The molecule has 1 aromatic carbocycles. The average Bonchev–Trinajstić information content (AvgIpc) is 2.77. The van der Waals surface area contributed by atoms with Crippen molar-refractivity contribution in [3.8, 4) is 0 Å². The Hall–Kier alpha value is -2.25. The van der Waals surface area contributed by atoms with Crippen LogP contribution in [0.15, 0.2) is 47.5 Å². The van der Waals surface area contributed by atoms with Crippen LogP contribution in [0.4, 0.5) is 4.39 Å². The minimum absolute atomic E-state index is 0.00183. The number of piperidine rings is 1. The molecule has 1 aromatic heterocycles. The molecule has 0 aliphatic carbocycles. The third-order valence-corrected chi connectivity index (χ3v) is 6.63. The van der Waals surface area contributed by atoms with E-state index in [0.29, 0.717) is 10.5 Å². The molecule has 0 bridgehead atoms. The first-order chi connectivity index (χ1) is 14.4. The lowest BCUT2D eigenvalue weighted by Gasteiger charge is -2.36. The fourth-order valence-electron chi connectivity index (χ4n) is 3.63. The quantitative estimate of drug-likeness (QED) is 0.473. The van der Waals surface area contributed by atoms with E-state index in [9.17, 15) is 14.0 Å². The highest BCUT2D eigenvalue weighted by molar-refractivity contribution is 8.00. The average molecular weight is 430 g/mol. The summed E-state index contributed by atoms with van der Waals surface area (Å²) in [7, 11) is 1.84. The van der Waals surface area contributed by atoms with E-state index in [2.05, 4.69) is 9.88 Å². The van der Waals surface area contributed by atoms with E-state index in [0.717, 1.165) is 44.6 Å². The molecule has 2 aromatic rings. The number of rotatable bonds is 8. The monoisotopic (exact) mass is 429 g/mol. The number of benzene rings is 1. The number of nitrogens with zero attached hydrogens (tertiary/aromatic N) is 3. The van der Waals surface area contributed by atoms with Crippen LogP contribution in [0.2, 0.25) is 0 Å². The predicted molar refractivity (Wildman–Crippen MR) is 117 cm³/mol. The lowest BCUT2D eigenvalue weighted by atomic mass is 10.0. The summed E-state index contributed by atoms with van der Waals surface area (Å²) in [5.74, 6) is -0.439. The number of halogens is 1. The Labute approximate surface area is 181 Å². The second-order valence-corrected chi connectivity index (χ2v) is 8.66. The van der Waals surface area contributed by atoms with Crippen molar-refractivity contribution < 1.29 is 14.0 Å². The molecule has 1 saturated heterocycles. The molecule has 0 saturated carbocycles. The molecule has 30 heavy (non-hydrogen) atoms. The Morgan fingerprint density at radius 1 is 1.23 bits per heavy atom. The standard InChI is InChI=1S/C23H28FN3O2S/c1-17(28)18-6-7-22(21(24)15-18)30-16-23(29)26(2)20-9-13-27(14-10-20)12-8-19-5-3-4-11-25-19/h3-7,11,15,20H,8-10,12-14,16H2,1-2H3. The maximum atomic E-state index is 14.1. The first-order valence-electron chi connectivity index (χ1n) is 10.2. The molecule has 0 unspecified atom stereocenters. The summed E-state index contributed by atoms with van der Waals surface area (Å²) in [6.45, 7) is 4.31. The van der Waals surface area contributed by atoms with Crippen molar-refractivity contribution in [1.29, 1.82) is 0 Å². The lowest BCUT2D eigenvalue weighted by Crippen LogP contribution is -2.46. The van der Waals surface area contributed by atoms with Crippen molar-refractivity contribution in [2.75, 3.05) is 32.4 Å². The highest BCUT2D eigenvalue weighted by atomic mass is 32.2. The fraction of sp³-hybridized carbons (Fsp3) is 0.435. The van der Waals surface area contributed by atoms with Gasteiger partial charge in [-0.2, -0.15) is 0 Å². The fourth-order valence-corrected chi connectivity index (χ4v) is 4.47. The number of pyridine rings is 1. The molecular formula is C23H28FN3O2S. The SMILES string of the molecule is CC(=O)c1ccc(SCC(=O)N(C)C2CCN(CCc3ccccn3)CC2)c(F)c1. The molecule has 0 spiro atoms. The van der Waals surface area contributed by atoms with Crippen LogP contribution in [0.3, 0.4) is 0 Å². The van der Waals surface area contributed by atoms with Crippen LogP contribution in [0, 0.1) is 5.82 Å². The molecule has 160 valence electrons. The van der Waals surface area contributed by atoms with Gasteiger partial charge >= 0.3 is 0 Å². The molecule has 1 aliphatic heterocycles. The molecule has 0 N–H and O–H groups in total. The van der Waals surface area contributed by atoms with Gasteiger partial charge in [0.05, 0.1) is 5.75 Å². The Morgan fingerprint density at radius 3 is 2.63 bits per heavy atom. The molecule has 0 atom stereocenters. The molecular weight excluding hydrogens is 401 g/mol. The summed E-state index contributed by atoms with van der Waals surface area (Å²) in [5, 5.41) is 0. The van der Waals surface area contributed by atoms with Crippen molar-refractivity contribution >= 4 is 23.5 Å². The number of hydrogen-bond acceptors (Lipinski definition) is 5. The van der Waals surface area contributed by atoms with Crippen LogP contribution >= 0.6 is 11.8 Å². The smallest absolute Gasteiger partial charge is 0.232 e. The normalized spacial score (nSPS) is 15.2. The van der Waals surface area contributed by atoms with Crippen LogP contribution in [0.1, 0.15) is 35.8 Å². The van der Waals surface area contributed by atoms with E-state index >= 15 is 0 Å². The molecule has 1 amide bonds. The van der Waals surface area contributed by atoms with Crippen LogP contribution in [-0.4, -0.2) is 65.0 Å². The van der Waals surface area contributed by atoms with Crippen LogP contribution in [0.5, 0.6) is 0 Å². The van der Waals surface area contributed by atoms with E-state index in [1.54, 1.807) is 12.1 Å². The maximum absolute atomic E-state index is 14.1. The molecule has 2 heterocycles. The number of Topliss-reactive ketones (excluding diaryl/α,β-unsaturated/α-hetero) is 1. The number of amides is 1. The van der Waals surface area contributed by atoms with E-state index in [-0.39, 0.29) is 23.5 Å². The van der Waals surface area contributed by atoms with Gasteiger partial charge in [-0.15, -0.1) is 11.8 Å². The number of thioether (sulfide) groups is 1. The first kappa shape index (κ1) is 22.4. The van der Waals surface area contributed by atoms with Crippen molar-refractivity contribution in [2.24, 2.45) is 0 Å². The van der Waals surface area contributed by atoms with Crippen molar-refractivity contribution in [1.82, 2.24) is 14.8 Å². The molecule has 0 radical (unpaired) electrons. The third-order valence-electron chi connectivity index (χ3n) is 5.60. The lowest BCUT2D eigenvalue weighted by molar-refractivity contribution is -0.129. The molecule has 5 nitrogen and oxygen atoms in total. The van der Waals surface area contributed by atoms with Crippen molar-refractivity contribution in [3.05, 3.63) is 59.7 Å². The number of hydrogen-bond donors (Lipinski definition) is 0. The van der Waals surface area contributed by atoms with Gasteiger partial charge in [0.1, 0.15) is 5.82 Å². The summed E-state index contributed by atoms with van der Waals surface area (Å²) in [5.41, 5.74) is 1.45. The molecule has 1 fully saturated rings. The van der Waals surface area contributed by atoms with Gasteiger partial charge in [0.25, 0.3) is 0 Å². The Balaban J connectivity index is 1.42. The predicted octanol–water partition coefficient (Wildman–Crippen LogP) is 3.68. The Kier molecular flexibility index (Phi) is 7.99. The number of aromatic nitrogens is 1. The maximum Gasteiger partial charge on any atom is 0.232 e. The number of carbonyl (C=O) groups is 2.